The minimum absolute atomic E-state index is 0.171. The van der Waals surface area contributed by atoms with Crippen molar-refractivity contribution in [3.05, 3.63) is 12.2 Å². The lowest BCUT2D eigenvalue weighted by molar-refractivity contribution is 0.0213. The highest BCUT2D eigenvalue weighted by Crippen LogP contribution is 2.43. The third-order valence-corrected chi connectivity index (χ3v) is 3.50. The van der Waals surface area contributed by atoms with Gasteiger partial charge in [0.25, 0.3) is 0 Å². The molecule has 0 aliphatic heterocycles. The Kier molecular flexibility index (Phi) is 3.14. The molecule has 0 bridgehead atoms. The van der Waals surface area contributed by atoms with E-state index in [0.29, 0.717) is 12.3 Å². The highest BCUT2D eigenvalue weighted by atomic mass is 16.3. The van der Waals surface area contributed by atoms with Gasteiger partial charge in [-0.25, -0.2) is 0 Å². The minimum Gasteiger partial charge on any atom is -0.396 e. The van der Waals surface area contributed by atoms with Gasteiger partial charge in [0.1, 0.15) is 0 Å². The van der Waals surface area contributed by atoms with Gasteiger partial charge in [-0.3, -0.25) is 0 Å². The van der Waals surface area contributed by atoms with Crippen LogP contribution in [0.2, 0.25) is 0 Å². The predicted molar refractivity (Wildman–Crippen MR) is 53.4 cm³/mol. The van der Waals surface area contributed by atoms with Gasteiger partial charge in [0.2, 0.25) is 0 Å². The van der Waals surface area contributed by atoms with E-state index in [9.17, 15) is 5.11 Å². The molecule has 0 aromatic heterocycles. The zero-order chi connectivity index (χ0) is 10.1. The highest BCUT2D eigenvalue weighted by molar-refractivity contribution is 5.09. The summed E-state index contributed by atoms with van der Waals surface area (Å²) in [5.41, 5.74) is 0.552. The molecule has 2 heteroatoms. The number of hydrogen-bond acceptors (Lipinski definition) is 2. The first-order chi connectivity index (χ1) is 5.99. The van der Waals surface area contributed by atoms with Crippen LogP contribution in [0.4, 0.5) is 0 Å². The fraction of sp³-hybridized carbons (Fsp3) is 0.818. The molecule has 1 saturated carbocycles. The van der Waals surface area contributed by atoms with Crippen molar-refractivity contribution in [2.24, 2.45) is 11.8 Å². The topological polar surface area (TPSA) is 40.5 Å². The van der Waals surface area contributed by atoms with Crippen LogP contribution in [-0.4, -0.2) is 22.4 Å². The van der Waals surface area contributed by atoms with Gasteiger partial charge in [0.05, 0.1) is 5.60 Å². The molecule has 0 radical (unpaired) electrons. The Morgan fingerprint density at radius 3 is 2.62 bits per heavy atom. The van der Waals surface area contributed by atoms with Gasteiger partial charge in [-0.05, 0) is 38.0 Å². The van der Waals surface area contributed by atoms with Crippen LogP contribution in [0.15, 0.2) is 12.2 Å². The Morgan fingerprint density at radius 1 is 1.62 bits per heavy atom. The molecule has 0 heterocycles. The summed E-state index contributed by atoms with van der Waals surface area (Å²) in [6, 6.07) is 0. The molecule has 1 aliphatic carbocycles. The smallest absolute Gasteiger partial charge is 0.0651 e. The van der Waals surface area contributed by atoms with Gasteiger partial charge in [-0.1, -0.05) is 19.1 Å². The molecule has 1 rings (SSSR count). The molecule has 2 nitrogen and oxygen atoms in total. The van der Waals surface area contributed by atoms with Crippen LogP contribution in [0.1, 0.15) is 33.1 Å². The lowest BCUT2D eigenvalue weighted by Crippen LogP contribution is -2.29. The van der Waals surface area contributed by atoms with E-state index >= 15 is 0 Å². The molecule has 0 spiro atoms. The molecule has 0 aromatic carbocycles. The summed E-state index contributed by atoms with van der Waals surface area (Å²) in [7, 11) is 0. The summed E-state index contributed by atoms with van der Waals surface area (Å²) in [4.78, 5) is 0. The van der Waals surface area contributed by atoms with Gasteiger partial charge >= 0.3 is 0 Å². The van der Waals surface area contributed by atoms with E-state index in [0.717, 1.165) is 18.4 Å². The van der Waals surface area contributed by atoms with E-state index in [1.165, 1.54) is 0 Å². The molecule has 2 N–H and O–H groups in total. The Hall–Kier alpha value is -0.340. The fourth-order valence-corrected chi connectivity index (χ4v) is 2.25. The van der Waals surface area contributed by atoms with Crippen LogP contribution in [0.5, 0.6) is 0 Å². The third-order valence-electron chi connectivity index (χ3n) is 3.50. The zero-order valence-electron chi connectivity index (χ0n) is 8.58. The Bertz CT molecular complexity index is 196. The molecule has 3 atom stereocenters. The maximum Gasteiger partial charge on any atom is 0.0651 e. The highest BCUT2D eigenvalue weighted by Gasteiger charge is 2.41. The van der Waals surface area contributed by atoms with E-state index in [1.807, 2.05) is 6.92 Å². The number of hydrogen-bond donors (Lipinski definition) is 2. The molecule has 0 unspecified atom stereocenters. The summed E-state index contributed by atoms with van der Waals surface area (Å²) >= 11 is 0. The van der Waals surface area contributed by atoms with Crippen LogP contribution in [0, 0.1) is 11.8 Å². The fourth-order valence-electron chi connectivity index (χ4n) is 2.25. The second-order valence-electron chi connectivity index (χ2n) is 4.42. The van der Waals surface area contributed by atoms with E-state index in [4.69, 9.17) is 5.11 Å². The average molecular weight is 184 g/mol. The van der Waals surface area contributed by atoms with Crippen molar-refractivity contribution in [2.75, 3.05) is 6.61 Å². The molecule has 0 amide bonds. The molecule has 1 fully saturated rings. The van der Waals surface area contributed by atoms with Crippen LogP contribution in [0.3, 0.4) is 0 Å². The summed E-state index contributed by atoms with van der Waals surface area (Å²) in [5.74, 6) is 0.661. The Labute approximate surface area is 80.3 Å². The first-order valence-electron chi connectivity index (χ1n) is 5.00. The van der Waals surface area contributed by atoms with Crippen LogP contribution < -0.4 is 0 Å². The first-order valence-corrected chi connectivity index (χ1v) is 5.00. The second kappa shape index (κ2) is 3.81. The van der Waals surface area contributed by atoms with Crippen LogP contribution >= 0.6 is 0 Å². The normalized spacial score (nSPS) is 39.4. The summed E-state index contributed by atoms with van der Waals surface area (Å²) < 4.78 is 0. The predicted octanol–water partition coefficient (Wildman–Crippen LogP) is 1.72. The van der Waals surface area contributed by atoms with Crippen molar-refractivity contribution in [1.82, 2.24) is 0 Å². The average Bonchev–Trinajstić information content (AvgIpc) is 2.28. The maximum atomic E-state index is 9.95. The van der Waals surface area contributed by atoms with E-state index in [-0.39, 0.29) is 12.5 Å². The van der Waals surface area contributed by atoms with Gasteiger partial charge in [0.15, 0.2) is 0 Å². The van der Waals surface area contributed by atoms with Gasteiger partial charge in [-0.2, -0.15) is 0 Å². The van der Waals surface area contributed by atoms with Crippen molar-refractivity contribution >= 4 is 0 Å². The van der Waals surface area contributed by atoms with Crippen LogP contribution in [0.25, 0.3) is 0 Å². The van der Waals surface area contributed by atoms with Gasteiger partial charge in [-0.15, -0.1) is 0 Å². The van der Waals surface area contributed by atoms with Crippen molar-refractivity contribution in [3.8, 4) is 0 Å². The quantitative estimate of drug-likeness (QED) is 0.656. The van der Waals surface area contributed by atoms with Crippen molar-refractivity contribution in [1.29, 1.82) is 0 Å². The molecule has 0 saturated heterocycles. The second-order valence-corrected chi connectivity index (χ2v) is 4.42. The Balaban J connectivity index is 2.59. The van der Waals surface area contributed by atoms with Crippen molar-refractivity contribution in [3.63, 3.8) is 0 Å². The molecular weight excluding hydrogens is 164 g/mol. The zero-order valence-corrected chi connectivity index (χ0v) is 8.58. The number of rotatable bonds is 3. The largest absolute Gasteiger partial charge is 0.396 e. The van der Waals surface area contributed by atoms with Gasteiger partial charge < -0.3 is 10.2 Å². The molecule has 0 aromatic rings. The Morgan fingerprint density at radius 2 is 2.23 bits per heavy atom. The SMILES string of the molecule is C=C(CCO)[C@H]1CC[C@](C)(O)[C@@H]1C. The van der Waals surface area contributed by atoms with Crippen LogP contribution in [-0.2, 0) is 0 Å². The lowest BCUT2D eigenvalue weighted by Gasteiger charge is -2.26. The van der Waals surface area contributed by atoms with E-state index in [1.54, 1.807) is 0 Å². The maximum absolute atomic E-state index is 9.95. The van der Waals surface area contributed by atoms with Crippen molar-refractivity contribution < 1.29 is 10.2 Å². The lowest BCUT2D eigenvalue weighted by atomic mass is 9.84. The standard InChI is InChI=1S/C11H20O2/c1-8(5-7-12)10-4-6-11(3,13)9(10)2/h9-10,12-13H,1,4-7H2,2-3H3/t9-,10-,11+/m1/s1. The molecule has 13 heavy (non-hydrogen) atoms. The minimum atomic E-state index is -0.539. The molecule has 1 aliphatic rings. The summed E-state index contributed by atoms with van der Waals surface area (Å²) in [6.07, 6.45) is 2.53. The third kappa shape index (κ3) is 2.12. The molecular formula is C11H20O2. The monoisotopic (exact) mass is 184 g/mol. The summed E-state index contributed by atoms with van der Waals surface area (Å²) in [6.45, 7) is 8.10. The van der Waals surface area contributed by atoms with Gasteiger partial charge in [0, 0.05) is 6.61 Å². The van der Waals surface area contributed by atoms with E-state index in [2.05, 4.69) is 13.5 Å². The molecule has 76 valence electrons. The first kappa shape index (κ1) is 10.7. The van der Waals surface area contributed by atoms with E-state index < -0.39 is 5.60 Å². The number of aliphatic hydroxyl groups excluding tert-OH is 1. The summed E-state index contributed by atoms with van der Waals surface area (Å²) in [5, 5.41) is 18.7. The number of aliphatic hydroxyl groups is 2. The van der Waals surface area contributed by atoms with Crippen molar-refractivity contribution in [2.45, 2.75) is 38.7 Å².